The van der Waals surface area contributed by atoms with Crippen LogP contribution in [0.4, 0.5) is 17.6 Å². The van der Waals surface area contributed by atoms with Crippen molar-refractivity contribution in [2.24, 2.45) is 0 Å². The van der Waals surface area contributed by atoms with Gasteiger partial charge in [0.2, 0.25) is 10.0 Å². The number of benzene rings is 1. The van der Waals surface area contributed by atoms with Crippen molar-refractivity contribution in [1.29, 1.82) is 0 Å². The highest BCUT2D eigenvalue weighted by Crippen LogP contribution is 2.38. The van der Waals surface area contributed by atoms with E-state index in [1.807, 2.05) is 0 Å². The third-order valence-corrected chi connectivity index (χ3v) is 7.25. The topological polar surface area (TPSA) is 81.5 Å². The molecule has 0 spiro atoms. The molecule has 0 N–H and O–H groups in total. The fourth-order valence-corrected chi connectivity index (χ4v) is 5.17. The predicted molar refractivity (Wildman–Crippen MR) is 101 cm³/mol. The van der Waals surface area contributed by atoms with Crippen molar-refractivity contribution in [1.82, 2.24) is 14.1 Å². The number of ether oxygens (including phenoxy) is 1. The second kappa shape index (κ2) is 8.23. The lowest BCUT2D eigenvalue weighted by Crippen LogP contribution is -2.34. The first-order valence-corrected chi connectivity index (χ1v) is 10.8. The molecule has 1 aromatic heterocycles. The zero-order chi connectivity index (χ0) is 23.1. The van der Waals surface area contributed by atoms with Crippen LogP contribution >= 0.6 is 0 Å². The molecule has 0 saturated heterocycles. The number of hydrogen-bond donors (Lipinski definition) is 0. The van der Waals surface area contributed by atoms with E-state index < -0.39 is 50.5 Å². The van der Waals surface area contributed by atoms with Gasteiger partial charge in [-0.2, -0.15) is 22.6 Å². The van der Waals surface area contributed by atoms with Gasteiger partial charge in [-0.1, -0.05) is 0 Å². The molecule has 170 valence electrons. The molecule has 1 aliphatic carbocycles. The molecule has 1 aromatic carbocycles. The van der Waals surface area contributed by atoms with E-state index in [1.54, 1.807) is 6.92 Å². The first kappa shape index (κ1) is 23.2. The molecular formula is C19H21F4N3O4S. The molecule has 2 atom stereocenters. The van der Waals surface area contributed by atoms with Crippen LogP contribution in [-0.2, 0) is 32.2 Å². The van der Waals surface area contributed by atoms with E-state index in [0.717, 1.165) is 4.31 Å². The maximum atomic E-state index is 13.8. The Bertz CT molecular complexity index is 1100. The molecule has 1 heterocycles. The minimum absolute atomic E-state index is 0.246. The van der Waals surface area contributed by atoms with E-state index in [2.05, 4.69) is 5.10 Å². The fourth-order valence-electron chi connectivity index (χ4n) is 3.75. The second-order valence-corrected chi connectivity index (χ2v) is 9.29. The molecule has 0 aliphatic heterocycles. The summed E-state index contributed by atoms with van der Waals surface area (Å²) in [6.45, 7) is 1.59. The van der Waals surface area contributed by atoms with Crippen LogP contribution in [-0.4, -0.2) is 42.6 Å². The second-order valence-electron chi connectivity index (χ2n) is 7.29. The largest absolute Gasteiger partial charge is 0.467 e. The number of sulfonamides is 1. The molecule has 1 unspecified atom stereocenters. The Morgan fingerprint density at radius 1 is 1.32 bits per heavy atom. The monoisotopic (exact) mass is 463 g/mol. The van der Waals surface area contributed by atoms with Gasteiger partial charge >= 0.3 is 12.1 Å². The van der Waals surface area contributed by atoms with Gasteiger partial charge in [-0.3, -0.25) is 4.68 Å². The molecule has 2 aromatic rings. The number of methoxy groups -OCH3 is 1. The normalized spacial score (nSPS) is 18.0. The van der Waals surface area contributed by atoms with Crippen LogP contribution in [0.3, 0.4) is 0 Å². The summed E-state index contributed by atoms with van der Waals surface area (Å²) in [5, 5.41) is 4.20. The molecular weight excluding hydrogens is 442 g/mol. The van der Waals surface area contributed by atoms with Gasteiger partial charge in [-0.25, -0.2) is 17.6 Å². The maximum Gasteiger partial charge on any atom is 0.416 e. The minimum Gasteiger partial charge on any atom is -0.467 e. The standard InChI is InChI=1S/C19H21F4N3O4S/c1-11(18(27)30-3)26-17-6-4-5-16(15(17)10-24-26)25(2)31(28,29)14-8-12(19(21,22)23)7-13(20)9-14/h7-11,16H,4-6H2,1-3H3/t11?,16-/m1/s1. The first-order valence-electron chi connectivity index (χ1n) is 9.38. The maximum absolute atomic E-state index is 13.8. The Hall–Kier alpha value is -2.47. The lowest BCUT2D eigenvalue weighted by atomic mass is 9.93. The Labute approximate surface area is 176 Å². The van der Waals surface area contributed by atoms with Crippen LogP contribution in [0.25, 0.3) is 0 Å². The summed E-state index contributed by atoms with van der Waals surface area (Å²) < 4.78 is 86.1. The Kier molecular flexibility index (Phi) is 6.16. The van der Waals surface area contributed by atoms with Crippen molar-refractivity contribution in [3.8, 4) is 0 Å². The molecule has 0 radical (unpaired) electrons. The quantitative estimate of drug-likeness (QED) is 0.501. The van der Waals surface area contributed by atoms with E-state index in [4.69, 9.17) is 4.74 Å². The Morgan fingerprint density at radius 2 is 2.00 bits per heavy atom. The predicted octanol–water partition coefficient (Wildman–Crippen LogP) is 3.47. The van der Waals surface area contributed by atoms with Crippen molar-refractivity contribution in [2.75, 3.05) is 14.2 Å². The number of aromatic nitrogens is 2. The zero-order valence-electron chi connectivity index (χ0n) is 17.0. The first-order chi connectivity index (χ1) is 14.4. The van der Waals surface area contributed by atoms with E-state index in [9.17, 15) is 30.8 Å². The number of halogens is 4. The molecule has 3 rings (SSSR count). The number of nitrogens with zero attached hydrogens (tertiary/aromatic N) is 3. The van der Waals surface area contributed by atoms with E-state index in [-0.39, 0.29) is 6.07 Å². The molecule has 1 aliphatic rings. The lowest BCUT2D eigenvalue weighted by molar-refractivity contribution is -0.144. The van der Waals surface area contributed by atoms with Gasteiger partial charge in [0.15, 0.2) is 0 Å². The minimum atomic E-state index is -4.89. The number of fused-ring (bicyclic) bond motifs is 1. The number of esters is 1. The third kappa shape index (κ3) is 4.31. The van der Waals surface area contributed by atoms with Gasteiger partial charge in [-0.05, 0) is 44.4 Å². The summed E-state index contributed by atoms with van der Waals surface area (Å²) in [6.07, 6.45) is -1.96. The fraction of sp³-hybridized carbons (Fsp3) is 0.474. The van der Waals surface area contributed by atoms with Crippen LogP contribution < -0.4 is 0 Å². The van der Waals surface area contributed by atoms with Crippen molar-refractivity contribution in [3.63, 3.8) is 0 Å². The number of carbonyl (C=O) groups excluding carboxylic acids is 1. The number of hydrogen-bond acceptors (Lipinski definition) is 5. The molecule has 0 saturated carbocycles. The molecule has 0 bridgehead atoms. The summed E-state index contributed by atoms with van der Waals surface area (Å²) >= 11 is 0. The number of rotatable bonds is 5. The number of carbonyl (C=O) groups is 1. The highest BCUT2D eigenvalue weighted by Gasteiger charge is 2.37. The average Bonchev–Trinajstić information content (AvgIpc) is 3.15. The van der Waals surface area contributed by atoms with Crippen molar-refractivity contribution >= 4 is 16.0 Å². The van der Waals surface area contributed by atoms with Crippen molar-refractivity contribution in [3.05, 3.63) is 47.0 Å². The van der Waals surface area contributed by atoms with E-state index in [0.29, 0.717) is 42.7 Å². The summed E-state index contributed by atoms with van der Waals surface area (Å²) in [5.41, 5.74) is -0.199. The van der Waals surface area contributed by atoms with Gasteiger partial charge in [0.05, 0.1) is 29.8 Å². The van der Waals surface area contributed by atoms with Crippen LogP contribution in [0, 0.1) is 5.82 Å². The van der Waals surface area contributed by atoms with Crippen molar-refractivity contribution < 1.29 is 35.5 Å². The van der Waals surface area contributed by atoms with Gasteiger partial charge < -0.3 is 4.74 Å². The summed E-state index contributed by atoms with van der Waals surface area (Å²) in [7, 11) is -1.98. The van der Waals surface area contributed by atoms with Crippen LogP contribution in [0.1, 0.15) is 48.7 Å². The van der Waals surface area contributed by atoms with Gasteiger partial charge in [0.1, 0.15) is 11.9 Å². The van der Waals surface area contributed by atoms with E-state index >= 15 is 0 Å². The SMILES string of the molecule is COC(=O)C(C)n1ncc2c1CCC[C@H]2N(C)S(=O)(=O)c1cc(F)cc(C(F)(F)F)c1. The van der Waals surface area contributed by atoms with Crippen LogP contribution in [0.5, 0.6) is 0 Å². The molecule has 0 fully saturated rings. The third-order valence-electron chi connectivity index (χ3n) is 5.40. The van der Waals surface area contributed by atoms with E-state index in [1.165, 1.54) is 25.0 Å². The average molecular weight is 463 g/mol. The van der Waals surface area contributed by atoms with Gasteiger partial charge in [0.25, 0.3) is 0 Å². The summed E-state index contributed by atoms with van der Waals surface area (Å²) in [6, 6.07) is -0.234. The number of alkyl halides is 3. The smallest absolute Gasteiger partial charge is 0.416 e. The highest BCUT2D eigenvalue weighted by molar-refractivity contribution is 7.89. The molecule has 12 heteroatoms. The van der Waals surface area contributed by atoms with Gasteiger partial charge in [-0.15, -0.1) is 0 Å². The zero-order valence-corrected chi connectivity index (χ0v) is 17.8. The Morgan fingerprint density at radius 3 is 2.61 bits per heavy atom. The summed E-state index contributed by atoms with van der Waals surface area (Å²) in [4.78, 5) is 11.1. The van der Waals surface area contributed by atoms with Crippen molar-refractivity contribution in [2.45, 2.75) is 49.3 Å². The molecule has 31 heavy (non-hydrogen) atoms. The Balaban J connectivity index is 2.00. The highest BCUT2D eigenvalue weighted by atomic mass is 32.2. The lowest BCUT2D eigenvalue weighted by Gasteiger charge is -2.31. The van der Waals surface area contributed by atoms with Gasteiger partial charge in [0, 0.05) is 18.3 Å². The van der Waals surface area contributed by atoms with Crippen LogP contribution in [0.2, 0.25) is 0 Å². The summed E-state index contributed by atoms with van der Waals surface area (Å²) in [5.74, 6) is -1.82. The molecule has 0 amide bonds. The van der Waals surface area contributed by atoms with Crippen LogP contribution in [0.15, 0.2) is 29.3 Å². The molecule has 7 nitrogen and oxygen atoms in total.